The normalized spacial score (nSPS) is 18.9. The van der Waals surface area contributed by atoms with Gasteiger partial charge in [-0.25, -0.2) is 8.42 Å². The second kappa shape index (κ2) is 5.60. The van der Waals surface area contributed by atoms with Gasteiger partial charge in [-0.15, -0.1) is 0 Å². The number of halogens is 1. The molecule has 1 aliphatic rings. The fourth-order valence-electron chi connectivity index (χ4n) is 2.12. The third kappa shape index (κ3) is 2.92. The Labute approximate surface area is 132 Å². The number of fused-ring (bicyclic) bond motifs is 1. The molecule has 1 heterocycles. The third-order valence-corrected chi connectivity index (χ3v) is 4.82. The third-order valence-electron chi connectivity index (χ3n) is 3.10. The molecule has 0 fully saturated rings. The van der Waals surface area contributed by atoms with E-state index in [2.05, 4.69) is 15.4 Å². The fourth-order valence-corrected chi connectivity index (χ4v) is 3.59. The maximum Gasteiger partial charge on any atom is 0.262 e. The van der Waals surface area contributed by atoms with E-state index in [1.54, 1.807) is 42.5 Å². The summed E-state index contributed by atoms with van der Waals surface area (Å²) in [6.45, 7) is 0. The van der Waals surface area contributed by atoms with Crippen LogP contribution in [0.3, 0.4) is 0 Å². The Morgan fingerprint density at radius 2 is 1.91 bits per heavy atom. The van der Waals surface area contributed by atoms with E-state index in [9.17, 15) is 13.2 Å². The van der Waals surface area contributed by atoms with Crippen LogP contribution in [-0.4, -0.2) is 20.5 Å². The van der Waals surface area contributed by atoms with Crippen molar-refractivity contribution in [2.45, 2.75) is 11.1 Å². The van der Waals surface area contributed by atoms with Crippen LogP contribution >= 0.6 is 11.6 Å². The lowest BCUT2D eigenvalue weighted by Gasteiger charge is -2.27. The van der Waals surface area contributed by atoms with Crippen LogP contribution in [0, 0.1) is 0 Å². The summed E-state index contributed by atoms with van der Waals surface area (Å²) in [5, 5.41) is 5.93. The van der Waals surface area contributed by atoms with Crippen LogP contribution in [-0.2, 0) is 14.8 Å². The van der Waals surface area contributed by atoms with Crippen molar-refractivity contribution in [2.24, 2.45) is 0 Å². The maximum atomic E-state index is 12.2. The van der Waals surface area contributed by atoms with E-state index in [-0.39, 0.29) is 4.90 Å². The van der Waals surface area contributed by atoms with Crippen molar-refractivity contribution < 1.29 is 13.2 Å². The Kier molecular flexibility index (Phi) is 3.78. The average Bonchev–Trinajstić information content (AvgIpc) is 2.46. The Morgan fingerprint density at radius 3 is 2.68 bits per heavy atom. The van der Waals surface area contributed by atoms with Crippen molar-refractivity contribution >= 4 is 38.9 Å². The van der Waals surface area contributed by atoms with Gasteiger partial charge in [0.2, 0.25) is 10.0 Å². The Bertz CT molecular complexity index is 839. The number of nitrogens with one attached hydrogen (secondary N) is 3. The molecule has 1 aliphatic heterocycles. The number of carbonyl (C=O) groups excluding carboxylic acids is 1. The van der Waals surface area contributed by atoms with Crippen LogP contribution < -0.4 is 15.4 Å². The van der Waals surface area contributed by atoms with E-state index < -0.39 is 22.1 Å². The lowest BCUT2D eigenvalue weighted by molar-refractivity contribution is -0.117. The number of para-hydroxylation sites is 1. The lowest BCUT2D eigenvalue weighted by atomic mass is 10.3. The van der Waals surface area contributed by atoms with Crippen molar-refractivity contribution in [3.8, 4) is 0 Å². The molecule has 2 aromatic carbocycles. The fraction of sp³-hybridized carbons (Fsp3) is 0.0714. The zero-order valence-electron chi connectivity index (χ0n) is 11.2. The van der Waals surface area contributed by atoms with Gasteiger partial charge in [0.25, 0.3) is 5.91 Å². The van der Waals surface area contributed by atoms with Crippen LogP contribution in [0.2, 0.25) is 5.02 Å². The van der Waals surface area contributed by atoms with Crippen molar-refractivity contribution in [1.29, 1.82) is 0 Å². The Morgan fingerprint density at radius 1 is 1.14 bits per heavy atom. The number of rotatable bonds is 2. The minimum Gasteiger partial charge on any atom is -0.360 e. The number of sulfonamides is 1. The Balaban J connectivity index is 1.84. The molecule has 114 valence electrons. The van der Waals surface area contributed by atoms with Crippen LogP contribution in [0.4, 0.5) is 11.4 Å². The first-order valence-corrected chi connectivity index (χ1v) is 8.26. The largest absolute Gasteiger partial charge is 0.360 e. The predicted molar refractivity (Wildman–Crippen MR) is 84.3 cm³/mol. The molecule has 0 bridgehead atoms. The second-order valence-electron chi connectivity index (χ2n) is 4.69. The van der Waals surface area contributed by atoms with Gasteiger partial charge in [-0.1, -0.05) is 29.8 Å². The summed E-state index contributed by atoms with van der Waals surface area (Å²) >= 11 is 5.85. The molecule has 1 unspecified atom stereocenters. The van der Waals surface area contributed by atoms with Crippen LogP contribution in [0.25, 0.3) is 0 Å². The number of benzene rings is 2. The molecule has 0 spiro atoms. The van der Waals surface area contributed by atoms with Gasteiger partial charge < -0.3 is 10.6 Å². The van der Waals surface area contributed by atoms with Crippen LogP contribution in [0.5, 0.6) is 0 Å². The summed E-state index contributed by atoms with van der Waals surface area (Å²) < 4.78 is 26.6. The maximum absolute atomic E-state index is 12.2. The van der Waals surface area contributed by atoms with Crippen molar-refractivity contribution in [1.82, 2.24) is 4.72 Å². The van der Waals surface area contributed by atoms with Crippen LogP contribution in [0.1, 0.15) is 0 Å². The van der Waals surface area contributed by atoms with Gasteiger partial charge in [0.1, 0.15) is 4.90 Å². The molecule has 3 rings (SSSR count). The number of hydrogen-bond acceptors (Lipinski definition) is 4. The Hall–Kier alpha value is -2.09. The average molecular weight is 338 g/mol. The number of carbonyl (C=O) groups is 1. The second-order valence-corrected chi connectivity index (χ2v) is 6.81. The molecular weight excluding hydrogens is 326 g/mol. The van der Waals surface area contributed by atoms with E-state index in [1.165, 1.54) is 6.07 Å². The lowest BCUT2D eigenvalue weighted by Crippen LogP contribution is -2.51. The molecule has 1 amide bonds. The van der Waals surface area contributed by atoms with Crippen molar-refractivity contribution in [3.05, 3.63) is 53.6 Å². The number of hydrogen-bond donors (Lipinski definition) is 3. The summed E-state index contributed by atoms with van der Waals surface area (Å²) in [4.78, 5) is 12.3. The van der Waals surface area contributed by atoms with Gasteiger partial charge in [0.15, 0.2) is 6.17 Å². The summed E-state index contributed by atoms with van der Waals surface area (Å²) in [5.74, 6) is -0.527. The number of amides is 1. The highest BCUT2D eigenvalue weighted by molar-refractivity contribution is 7.89. The minimum atomic E-state index is -3.74. The molecule has 0 aliphatic carbocycles. The highest BCUT2D eigenvalue weighted by Crippen LogP contribution is 2.25. The molecule has 2 aromatic rings. The molecule has 0 aromatic heterocycles. The minimum absolute atomic E-state index is 0.113. The molecule has 6 nitrogen and oxygen atoms in total. The first-order chi connectivity index (χ1) is 10.5. The van der Waals surface area contributed by atoms with E-state index >= 15 is 0 Å². The van der Waals surface area contributed by atoms with Gasteiger partial charge in [-0.3, -0.25) is 4.79 Å². The molecular formula is C14H12ClN3O3S. The van der Waals surface area contributed by atoms with E-state index in [1.807, 2.05) is 0 Å². The van der Waals surface area contributed by atoms with Gasteiger partial charge in [0, 0.05) is 10.7 Å². The first kappa shape index (κ1) is 14.8. The topological polar surface area (TPSA) is 87.3 Å². The van der Waals surface area contributed by atoms with E-state index in [4.69, 9.17) is 11.6 Å². The quantitative estimate of drug-likeness (QED) is 0.782. The molecule has 8 heteroatoms. The van der Waals surface area contributed by atoms with Crippen molar-refractivity contribution in [3.63, 3.8) is 0 Å². The molecule has 1 atom stereocenters. The SMILES string of the molecule is O=C(Nc1cccc(Cl)c1)C1Nc2ccccc2S(=O)(=O)N1. The zero-order chi connectivity index (χ0) is 15.7. The summed E-state index contributed by atoms with van der Waals surface area (Å²) in [5.41, 5.74) is 0.866. The molecule has 3 N–H and O–H groups in total. The van der Waals surface area contributed by atoms with Gasteiger partial charge in [-0.05, 0) is 30.3 Å². The van der Waals surface area contributed by atoms with Gasteiger partial charge in [0.05, 0.1) is 5.69 Å². The van der Waals surface area contributed by atoms with Gasteiger partial charge in [-0.2, -0.15) is 4.72 Å². The predicted octanol–water partition coefficient (Wildman–Crippen LogP) is 2.01. The first-order valence-electron chi connectivity index (χ1n) is 6.40. The summed E-state index contributed by atoms with van der Waals surface area (Å²) in [6.07, 6.45) is -1.10. The van der Waals surface area contributed by atoms with Crippen LogP contribution in [0.15, 0.2) is 53.4 Å². The molecule has 22 heavy (non-hydrogen) atoms. The smallest absolute Gasteiger partial charge is 0.262 e. The van der Waals surface area contributed by atoms with E-state index in [0.717, 1.165) is 0 Å². The molecule has 0 saturated heterocycles. The summed E-state index contributed by atoms with van der Waals surface area (Å²) in [7, 11) is -3.74. The van der Waals surface area contributed by atoms with Crippen molar-refractivity contribution in [2.75, 3.05) is 10.6 Å². The van der Waals surface area contributed by atoms with Gasteiger partial charge >= 0.3 is 0 Å². The standard InChI is InChI=1S/C14H12ClN3O3S/c15-9-4-3-5-10(8-9)16-14(19)13-17-11-6-1-2-7-12(11)22(20,21)18-13/h1-8,13,17-18H,(H,16,19). The molecule has 0 saturated carbocycles. The highest BCUT2D eigenvalue weighted by atomic mass is 35.5. The number of anilines is 2. The zero-order valence-corrected chi connectivity index (χ0v) is 12.8. The van der Waals surface area contributed by atoms with E-state index in [0.29, 0.717) is 16.4 Å². The summed E-state index contributed by atoms with van der Waals surface area (Å²) in [6, 6.07) is 13.0. The monoisotopic (exact) mass is 337 g/mol. The highest BCUT2D eigenvalue weighted by Gasteiger charge is 2.32. The molecule has 0 radical (unpaired) electrons.